The van der Waals surface area contributed by atoms with Crippen molar-refractivity contribution in [3.63, 3.8) is 0 Å². The van der Waals surface area contributed by atoms with Crippen LogP contribution >= 0.6 is 11.6 Å². The zero-order valence-corrected chi connectivity index (χ0v) is 10.7. The van der Waals surface area contributed by atoms with Gasteiger partial charge in [0.05, 0.1) is 10.6 Å². The van der Waals surface area contributed by atoms with E-state index in [1.54, 1.807) is 0 Å². The lowest BCUT2D eigenvalue weighted by atomic mass is 10.0. The van der Waals surface area contributed by atoms with Crippen LogP contribution in [0, 0.1) is 17.5 Å². The van der Waals surface area contributed by atoms with Crippen LogP contribution in [0.25, 0.3) is 0 Å². The highest BCUT2D eigenvalue weighted by atomic mass is 35.5. The monoisotopic (exact) mass is 300 g/mol. The lowest BCUT2D eigenvalue weighted by Crippen LogP contribution is -2.05. The van der Waals surface area contributed by atoms with Crippen molar-refractivity contribution in [3.8, 4) is 0 Å². The highest BCUT2D eigenvalue weighted by Crippen LogP contribution is 2.23. The Labute approximate surface area is 117 Å². The van der Waals surface area contributed by atoms with E-state index in [-0.39, 0.29) is 22.6 Å². The molecule has 1 N–H and O–H groups in total. The normalized spacial score (nSPS) is 10.6. The van der Waals surface area contributed by atoms with Gasteiger partial charge in [0.1, 0.15) is 17.5 Å². The second-order valence-corrected chi connectivity index (χ2v) is 4.53. The van der Waals surface area contributed by atoms with Crippen molar-refractivity contribution in [2.75, 3.05) is 0 Å². The van der Waals surface area contributed by atoms with Crippen molar-refractivity contribution in [2.45, 2.75) is 6.42 Å². The molecule has 0 heterocycles. The van der Waals surface area contributed by atoms with Gasteiger partial charge in [-0.3, -0.25) is 0 Å². The van der Waals surface area contributed by atoms with Crippen LogP contribution in [0.2, 0.25) is 5.02 Å². The standard InChI is InChI=1S/C14H8ClF3O2/c15-10-3-1-2-7(13(10)18)4-8-5-9(14(19)20)12(17)6-11(8)16/h1-3,5-6H,4H2,(H,19,20). The number of carboxylic acids is 1. The maximum absolute atomic E-state index is 13.7. The molecule has 0 saturated carbocycles. The number of benzene rings is 2. The summed E-state index contributed by atoms with van der Waals surface area (Å²) in [5.41, 5.74) is -0.687. The van der Waals surface area contributed by atoms with Gasteiger partial charge in [-0.2, -0.15) is 0 Å². The minimum atomic E-state index is -1.52. The van der Waals surface area contributed by atoms with Crippen molar-refractivity contribution in [2.24, 2.45) is 0 Å². The Morgan fingerprint density at radius 1 is 1.10 bits per heavy atom. The van der Waals surface area contributed by atoms with E-state index < -0.39 is 29.0 Å². The third-order valence-corrected chi connectivity index (χ3v) is 3.07. The summed E-state index contributed by atoms with van der Waals surface area (Å²) < 4.78 is 40.6. The maximum atomic E-state index is 13.7. The molecule has 0 saturated heterocycles. The Morgan fingerprint density at radius 3 is 2.45 bits per heavy atom. The smallest absolute Gasteiger partial charge is 0.338 e. The molecular formula is C14H8ClF3O2. The van der Waals surface area contributed by atoms with Gasteiger partial charge in [-0.05, 0) is 23.3 Å². The highest BCUT2D eigenvalue weighted by Gasteiger charge is 2.16. The first-order chi connectivity index (χ1) is 9.40. The molecule has 6 heteroatoms. The Bertz CT molecular complexity index is 686. The van der Waals surface area contributed by atoms with Gasteiger partial charge in [-0.15, -0.1) is 0 Å². The number of carbonyl (C=O) groups is 1. The molecule has 104 valence electrons. The van der Waals surface area contributed by atoms with Crippen LogP contribution in [0.4, 0.5) is 13.2 Å². The van der Waals surface area contributed by atoms with E-state index in [9.17, 15) is 18.0 Å². The van der Waals surface area contributed by atoms with Gasteiger partial charge >= 0.3 is 5.97 Å². The van der Waals surface area contributed by atoms with E-state index in [0.717, 1.165) is 6.07 Å². The second-order valence-electron chi connectivity index (χ2n) is 4.12. The van der Waals surface area contributed by atoms with Crippen molar-refractivity contribution in [3.05, 3.63) is 69.5 Å². The van der Waals surface area contributed by atoms with Crippen molar-refractivity contribution < 1.29 is 23.1 Å². The summed E-state index contributed by atoms with van der Waals surface area (Å²) in [5, 5.41) is 8.67. The molecule has 0 amide bonds. The molecule has 2 nitrogen and oxygen atoms in total. The first-order valence-corrected chi connectivity index (χ1v) is 5.92. The Hall–Kier alpha value is -2.01. The lowest BCUT2D eigenvalue weighted by Gasteiger charge is -2.08. The number of hydrogen-bond donors (Lipinski definition) is 1. The molecule has 0 bridgehead atoms. The van der Waals surface area contributed by atoms with Gasteiger partial charge in [0.2, 0.25) is 0 Å². The molecule has 0 fully saturated rings. The maximum Gasteiger partial charge on any atom is 0.338 e. The topological polar surface area (TPSA) is 37.3 Å². The van der Waals surface area contributed by atoms with Gasteiger partial charge in [0.25, 0.3) is 0 Å². The summed E-state index contributed by atoms with van der Waals surface area (Å²) in [6.07, 6.45) is -0.223. The van der Waals surface area contributed by atoms with Gasteiger partial charge in [0, 0.05) is 12.5 Å². The minimum absolute atomic E-state index is 0.0966. The third-order valence-electron chi connectivity index (χ3n) is 2.78. The summed E-state index contributed by atoms with van der Waals surface area (Å²) in [6, 6.07) is 5.55. The molecule has 0 spiro atoms. The first kappa shape index (κ1) is 14.4. The second kappa shape index (κ2) is 5.54. The summed E-state index contributed by atoms with van der Waals surface area (Å²) >= 11 is 5.60. The molecular weight excluding hydrogens is 293 g/mol. The summed E-state index contributed by atoms with van der Waals surface area (Å²) in [5.74, 6) is -4.35. The van der Waals surface area contributed by atoms with Crippen molar-refractivity contribution in [1.29, 1.82) is 0 Å². The van der Waals surface area contributed by atoms with E-state index in [4.69, 9.17) is 16.7 Å². The number of hydrogen-bond acceptors (Lipinski definition) is 1. The molecule has 2 rings (SSSR count). The third kappa shape index (κ3) is 2.77. The van der Waals surface area contributed by atoms with Gasteiger partial charge in [-0.1, -0.05) is 23.7 Å². The van der Waals surface area contributed by atoms with Crippen LogP contribution < -0.4 is 0 Å². The van der Waals surface area contributed by atoms with Crippen LogP contribution in [-0.4, -0.2) is 11.1 Å². The van der Waals surface area contributed by atoms with E-state index in [2.05, 4.69) is 0 Å². The molecule has 0 aromatic heterocycles. The number of aromatic carboxylic acids is 1. The van der Waals surface area contributed by atoms with Crippen LogP contribution in [0.15, 0.2) is 30.3 Å². The summed E-state index contributed by atoms with van der Waals surface area (Å²) in [4.78, 5) is 10.8. The predicted molar refractivity (Wildman–Crippen MR) is 67.5 cm³/mol. The Kier molecular flexibility index (Phi) is 3.99. The fraction of sp³-hybridized carbons (Fsp3) is 0.0714. The van der Waals surface area contributed by atoms with Crippen LogP contribution in [-0.2, 0) is 6.42 Å². The zero-order chi connectivity index (χ0) is 14.9. The molecule has 2 aromatic carbocycles. The minimum Gasteiger partial charge on any atom is -0.478 e. The molecule has 0 atom stereocenters. The number of carboxylic acid groups (broad SMARTS) is 1. The quantitative estimate of drug-likeness (QED) is 0.928. The average Bonchev–Trinajstić information content (AvgIpc) is 2.37. The van der Waals surface area contributed by atoms with Gasteiger partial charge in [0.15, 0.2) is 0 Å². The van der Waals surface area contributed by atoms with Crippen LogP contribution in [0.1, 0.15) is 21.5 Å². The lowest BCUT2D eigenvalue weighted by molar-refractivity contribution is 0.0691. The largest absolute Gasteiger partial charge is 0.478 e. The van der Waals surface area contributed by atoms with Crippen molar-refractivity contribution in [1.82, 2.24) is 0 Å². The molecule has 0 unspecified atom stereocenters. The molecule has 0 aliphatic rings. The van der Waals surface area contributed by atoms with Gasteiger partial charge < -0.3 is 5.11 Å². The van der Waals surface area contributed by atoms with E-state index in [1.807, 2.05) is 0 Å². The highest BCUT2D eigenvalue weighted by molar-refractivity contribution is 6.30. The zero-order valence-electron chi connectivity index (χ0n) is 9.96. The summed E-state index contributed by atoms with van der Waals surface area (Å²) in [7, 11) is 0. The SMILES string of the molecule is O=C(O)c1cc(Cc2cccc(Cl)c2F)c(F)cc1F. The van der Waals surface area contributed by atoms with Crippen molar-refractivity contribution >= 4 is 17.6 Å². The number of rotatable bonds is 3. The molecule has 0 radical (unpaired) electrons. The Morgan fingerprint density at radius 2 is 1.80 bits per heavy atom. The van der Waals surface area contributed by atoms with Crippen LogP contribution in [0.5, 0.6) is 0 Å². The summed E-state index contributed by atoms with van der Waals surface area (Å²) in [6.45, 7) is 0. The molecule has 0 aliphatic carbocycles. The van der Waals surface area contributed by atoms with E-state index in [0.29, 0.717) is 6.07 Å². The Balaban J connectivity index is 2.46. The van der Waals surface area contributed by atoms with E-state index >= 15 is 0 Å². The van der Waals surface area contributed by atoms with E-state index in [1.165, 1.54) is 18.2 Å². The fourth-order valence-electron chi connectivity index (χ4n) is 1.78. The molecule has 20 heavy (non-hydrogen) atoms. The predicted octanol–water partition coefficient (Wildman–Crippen LogP) is 4.05. The van der Waals surface area contributed by atoms with Crippen LogP contribution in [0.3, 0.4) is 0 Å². The average molecular weight is 301 g/mol. The first-order valence-electron chi connectivity index (χ1n) is 5.54. The number of halogens is 4. The fourth-order valence-corrected chi connectivity index (χ4v) is 1.98. The van der Waals surface area contributed by atoms with Gasteiger partial charge in [-0.25, -0.2) is 18.0 Å². The molecule has 0 aliphatic heterocycles. The molecule has 2 aromatic rings.